The zero-order valence-corrected chi connectivity index (χ0v) is 22.2. The average molecular weight is 545 g/mol. The van der Waals surface area contributed by atoms with Crippen molar-refractivity contribution >= 4 is 41.3 Å². The van der Waals surface area contributed by atoms with Crippen LogP contribution in [0.25, 0.3) is 6.08 Å². The molecule has 202 valence electrons. The normalized spacial score (nSPS) is 19.4. The number of ether oxygens (including phenoxy) is 2. The van der Waals surface area contributed by atoms with E-state index in [2.05, 4.69) is 10.2 Å². The number of hydrogen-bond acceptors (Lipinski definition) is 6. The number of anilines is 1. The van der Waals surface area contributed by atoms with Gasteiger partial charge in [-0.1, -0.05) is 23.7 Å². The number of amides is 3. The van der Waals surface area contributed by atoms with Crippen molar-refractivity contribution in [2.75, 3.05) is 45.7 Å². The number of benzene rings is 2. The van der Waals surface area contributed by atoms with Gasteiger partial charge < -0.3 is 24.6 Å². The number of rotatable bonds is 6. The zero-order valence-electron chi connectivity index (χ0n) is 21.4. The molecule has 0 aliphatic carbocycles. The molecule has 2 fully saturated rings. The van der Waals surface area contributed by atoms with Gasteiger partial charge in [0.2, 0.25) is 11.8 Å². The van der Waals surface area contributed by atoms with Gasteiger partial charge in [-0.2, -0.15) is 0 Å². The van der Waals surface area contributed by atoms with E-state index in [1.807, 2.05) is 4.90 Å². The Morgan fingerprint density at radius 1 is 1.08 bits per heavy atom. The lowest BCUT2D eigenvalue weighted by molar-refractivity contribution is -0.140. The van der Waals surface area contributed by atoms with Gasteiger partial charge in [0, 0.05) is 57.0 Å². The Balaban J connectivity index is 1.56. The highest BCUT2D eigenvalue weighted by Gasteiger charge is 2.43. The van der Waals surface area contributed by atoms with Crippen molar-refractivity contribution in [3.8, 4) is 5.75 Å². The van der Waals surface area contributed by atoms with E-state index in [1.54, 1.807) is 35.2 Å². The van der Waals surface area contributed by atoms with E-state index in [0.29, 0.717) is 54.7 Å². The molecule has 2 aromatic rings. The lowest BCUT2D eigenvalue weighted by atomic mass is 9.99. The minimum Gasteiger partial charge on any atom is -0.495 e. The second-order valence-corrected chi connectivity index (χ2v) is 9.74. The Morgan fingerprint density at radius 3 is 2.32 bits per heavy atom. The number of methoxy groups -OCH3 is 2. The minimum atomic E-state index is -0.428. The van der Waals surface area contributed by atoms with Crippen LogP contribution < -0.4 is 10.1 Å². The number of halogens is 2. The van der Waals surface area contributed by atoms with Gasteiger partial charge in [0.15, 0.2) is 0 Å². The van der Waals surface area contributed by atoms with E-state index in [0.717, 1.165) is 5.56 Å². The number of piperazine rings is 2. The Labute approximate surface area is 225 Å². The van der Waals surface area contributed by atoms with E-state index in [9.17, 15) is 18.8 Å². The highest BCUT2D eigenvalue weighted by atomic mass is 35.5. The van der Waals surface area contributed by atoms with Gasteiger partial charge in [-0.15, -0.1) is 0 Å². The predicted molar refractivity (Wildman–Crippen MR) is 141 cm³/mol. The van der Waals surface area contributed by atoms with Crippen LogP contribution in [0.1, 0.15) is 18.1 Å². The van der Waals surface area contributed by atoms with E-state index in [1.165, 1.54) is 39.4 Å². The maximum atomic E-state index is 13.5. The SMILES string of the molecule is COC(=O)N1CC2CN(Cc3ccc(F)cc3)CC(C1)N2C(=O)/C=C/c1cc(OC)c(Cl)cc1NC(C)=O. The number of fused-ring (bicyclic) bond motifs is 2. The molecular weight excluding hydrogens is 515 g/mol. The third-order valence-electron chi connectivity index (χ3n) is 6.63. The highest BCUT2D eigenvalue weighted by Crippen LogP contribution is 2.32. The predicted octanol–water partition coefficient (Wildman–Crippen LogP) is 3.62. The fourth-order valence-corrected chi connectivity index (χ4v) is 5.28. The van der Waals surface area contributed by atoms with Gasteiger partial charge in [0.05, 0.1) is 31.3 Å². The summed E-state index contributed by atoms with van der Waals surface area (Å²) in [5.41, 5.74) is 1.98. The van der Waals surface area contributed by atoms with Crippen LogP contribution in [0, 0.1) is 5.82 Å². The number of nitrogens with zero attached hydrogens (tertiary/aromatic N) is 3. The molecule has 3 amide bonds. The molecule has 2 aromatic carbocycles. The van der Waals surface area contributed by atoms with E-state index < -0.39 is 6.09 Å². The first-order valence-corrected chi connectivity index (χ1v) is 12.5. The van der Waals surface area contributed by atoms with E-state index >= 15 is 0 Å². The molecule has 0 saturated carbocycles. The molecule has 0 aromatic heterocycles. The molecule has 4 rings (SSSR count). The molecule has 2 unspecified atom stereocenters. The number of nitrogens with one attached hydrogen (secondary N) is 1. The molecule has 2 aliphatic heterocycles. The van der Waals surface area contributed by atoms with Crippen LogP contribution in [0.15, 0.2) is 42.5 Å². The van der Waals surface area contributed by atoms with E-state index in [4.69, 9.17) is 21.1 Å². The molecule has 2 atom stereocenters. The second kappa shape index (κ2) is 11.8. The van der Waals surface area contributed by atoms with Gasteiger partial charge in [0.25, 0.3) is 0 Å². The van der Waals surface area contributed by atoms with Gasteiger partial charge in [0.1, 0.15) is 11.6 Å². The summed E-state index contributed by atoms with van der Waals surface area (Å²) in [5, 5.41) is 3.05. The summed E-state index contributed by atoms with van der Waals surface area (Å²) >= 11 is 6.22. The summed E-state index contributed by atoms with van der Waals surface area (Å²) in [7, 11) is 2.82. The first kappa shape index (κ1) is 27.4. The summed E-state index contributed by atoms with van der Waals surface area (Å²) in [5.74, 6) is -0.370. The van der Waals surface area contributed by atoms with Crippen LogP contribution in [0.5, 0.6) is 5.75 Å². The Kier molecular flexibility index (Phi) is 8.53. The third kappa shape index (κ3) is 6.25. The summed E-state index contributed by atoms with van der Waals surface area (Å²) in [6.45, 7) is 3.72. The quantitative estimate of drug-likeness (QED) is 0.559. The fourth-order valence-electron chi connectivity index (χ4n) is 5.04. The van der Waals surface area contributed by atoms with Crippen LogP contribution in [0.2, 0.25) is 5.02 Å². The lowest BCUT2D eigenvalue weighted by Gasteiger charge is -2.52. The second-order valence-electron chi connectivity index (χ2n) is 9.34. The number of hydrogen-bond donors (Lipinski definition) is 1. The first-order valence-electron chi connectivity index (χ1n) is 12.1. The average Bonchev–Trinajstić information content (AvgIpc) is 2.87. The van der Waals surface area contributed by atoms with Crippen LogP contribution in [-0.4, -0.2) is 85.1 Å². The van der Waals surface area contributed by atoms with Crippen LogP contribution in [-0.2, 0) is 20.9 Å². The minimum absolute atomic E-state index is 0.214. The summed E-state index contributed by atoms with van der Waals surface area (Å²) in [6.07, 6.45) is 2.64. The molecule has 2 heterocycles. The maximum absolute atomic E-state index is 13.5. The summed E-state index contributed by atoms with van der Waals surface area (Å²) in [4.78, 5) is 43.1. The largest absolute Gasteiger partial charge is 0.495 e. The molecule has 38 heavy (non-hydrogen) atoms. The van der Waals surface area contributed by atoms with Crippen molar-refractivity contribution in [3.05, 3.63) is 64.4 Å². The lowest BCUT2D eigenvalue weighted by Crippen LogP contribution is -2.70. The Morgan fingerprint density at radius 2 is 1.74 bits per heavy atom. The molecule has 2 saturated heterocycles. The standard InChI is InChI=1S/C27H30ClFN4O5/c1-17(34)30-24-11-23(28)25(37-2)10-19(24)6-9-26(35)33-21-13-31(12-18-4-7-20(29)8-5-18)14-22(33)16-32(15-21)27(36)38-3/h4-11,21-22H,12-16H2,1-3H3,(H,30,34)/b9-6+. The van der Waals surface area contributed by atoms with Gasteiger partial charge in [-0.05, 0) is 35.9 Å². The van der Waals surface area contributed by atoms with Crippen molar-refractivity contribution in [2.24, 2.45) is 0 Å². The molecular formula is C27H30ClFN4O5. The highest BCUT2D eigenvalue weighted by molar-refractivity contribution is 6.32. The number of carbonyl (C=O) groups excluding carboxylic acids is 3. The van der Waals surface area contributed by atoms with Crippen LogP contribution in [0.4, 0.5) is 14.9 Å². The maximum Gasteiger partial charge on any atom is 0.409 e. The summed E-state index contributed by atoms with van der Waals surface area (Å²) < 4.78 is 23.6. The molecule has 0 radical (unpaired) electrons. The number of carbonyl (C=O) groups is 3. The molecule has 9 nitrogen and oxygen atoms in total. The van der Waals surface area contributed by atoms with Crippen molar-refractivity contribution in [3.63, 3.8) is 0 Å². The molecule has 0 spiro atoms. The van der Waals surface area contributed by atoms with Crippen molar-refractivity contribution in [1.29, 1.82) is 0 Å². The zero-order chi connectivity index (χ0) is 27.4. The molecule has 2 aliphatic rings. The first-order chi connectivity index (χ1) is 18.2. The molecule has 1 N–H and O–H groups in total. The van der Waals surface area contributed by atoms with Crippen molar-refractivity contribution in [2.45, 2.75) is 25.6 Å². The smallest absolute Gasteiger partial charge is 0.409 e. The van der Waals surface area contributed by atoms with Crippen molar-refractivity contribution in [1.82, 2.24) is 14.7 Å². The third-order valence-corrected chi connectivity index (χ3v) is 6.93. The van der Waals surface area contributed by atoms with Gasteiger partial charge in [-0.3, -0.25) is 14.5 Å². The van der Waals surface area contributed by atoms with Crippen LogP contribution >= 0.6 is 11.6 Å². The monoisotopic (exact) mass is 544 g/mol. The van der Waals surface area contributed by atoms with Gasteiger partial charge >= 0.3 is 6.09 Å². The van der Waals surface area contributed by atoms with Crippen LogP contribution in [0.3, 0.4) is 0 Å². The molecule has 2 bridgehead atoms. The Hall–Kier alpha value is -3.63. The Bertz CT molecular complexity index is 1220. The van der Waals surface area contributed by atoms with Gasteiger partial charge in [-0.25, -0.2) is 9.18 Å². The van der Waals surface area contributed by atoms with Crippen molar-refractivity contribution < 1.29 is 28.2 Å². The van der Waals surface area contributed by atoms with E-state index in [-0.39, 0.29) is 29.7 Å². The molecule has 11 heteroatoms. The summed E-state index contributed by atoms with van der Waals surface area (Å²) in [6, 6.07) is 9.04. The fraction of sp³-hybridized carbons (Fsp3) is 0.370. The topological polar surface area (TPSA) is 91.4 Å².